The van der Waals surface area contributed by atoms with Crippen LogP contribution in [0.3, 0.4) is 0 Å². The predicted molar refractivity (Wildman–Crippen MR) is 93.7 cm³/mol. The molecule has 3 N–H and O–H groups in total. The van der Waals surface area contributed by atoms with E-state index in [1.54, 1.807) is 11.3 Å². The minimum Gasteiger partial charge on any atom is -0.493 e. The van der Waals surface area contributed by atoms with Gasteiger partial charge in [-0.3, -0.25) is 0 Å². The number of thiazole rings is 1. The summed E-state index contributed by atoms with van der Waals surface area (Å²) in [6.45, 7) is 6.71. The van der Waals surface area contributed by atoms with Gasteiger partial charge < -0.3 is 15.7 Å². The van der Waals surface area contributed by atoms with E-state index in [0.29, 0.717) is 12.2 Å². The zero-order valence-corrected chi connectivity index (χ0v) is 14.6. The number of hydrogen-bond acceptors (Lipinski definition) is 5. The van der Waals surface area contributed by atoms with Crippen molar-refractivity contribution in [2.45, 2.75) is 40.0 Å². The van der Waals surface area contributed by atoms with Crippen molar-refractivity contribution in [1.29, 1.82) is 0 Å². The van der Waals surface area contributed by atoms with Crippen LogP contribution < -0.4 is 10.5 Å². The standard InChI is InChI=1S/C17H23N3O2S/c1-4-15-19-10-14(23-15)6-5-7-22-16-11(2)8-13(9-12(16)3)17(18)20-21/h8-10,21H,4-7H2,1-3H3,(H2,18,20). The van der Waals surface area contributed by atoms with E-state index >= 15 is 0 Å². The minimum absolute atomic E-state index is 0.111. The Balaban J connectivity index is 1.93. The number of aryl methyl sites for hydroxylation is 4. The quantitative estimate of drug-likeness (QED) is 0.267. The van der Waals surface area contributed by atoms with Gasteiger partial charge in [-0.15, -0.1) is 11.3 Å². The van der Waals surface area contributed by atoms with Crippen molar-refractivity contribution < 1.29 is 9.94 Å². The monoisotopic (exact) mass is 333 g/mol. The van der Waals surface area contributed by atoms with Crippen LogP contribution in [0.15, 0.2) is 23.5 Å². The summed E-state index contributed by atoms with van der Waals surface area (Å²) in [6.07, 6.45) is 4.89. The van der Waals surface area contributed by atoms with Gasteiger partial charge in [0.1, 0.15) is 5.75 Å². The van der Waals surface area contributed by atoms with Crippen LogP contribution in [0.1, 0.15) is 39.9 Å². The highest BCUT2D eigenvalue weighted by molar-refractivity contribution is 7.11. The number of rotatable bonds is 7. The number of oxime groups is 1. The summed E-state index contributed by atoms with van der Waals surface area (Å²) in [5, 5.41) is 13.0. The molecule has 2 aromatic rings. The van der Waals surface area contributed by atoms with Crippen LogP contribution in [0.5, 0.6) is 5.75 Å². The molecule has 0 amide bonds. The van der Waals surface area contributed by atoms with E-state index < -0.39 is 0 Å². The van der Waals surface area contributed by atoms with Crippen LogP contribution in [0.4, 0.5) is 0 Å². The lowest BCUT2D eigenvalue weighted by Gasteiger charge is -2.13. The molecule has 6 heteroatoms. The second-order valence-electron chi connectivity index (χ2n) is 5.45. The fourth-order valence-corrected chi connectivity index (χ4v) is 3.34. The third-order valence-corrected chi connectivity index (χ3v) is 4.78. The first-order chi connectivity index (χ1) is 11.0. The van der Waals surface area contributed by atoms with Crippen LogP contribution >= 0.6 is 11.3 Å². The van der Waals surface area contributed by atoms with Gasteiger partial charge in [-0.2, -0.15) is 0 Å². The van der Waals surface area contributed by atoms with Crippen LogP contribution in [-0.4, -0.2) is 22.6 Å². The van der Waals surface area contributed by atoms with Crippen molar-refractivity contribution in [3.05, 3.63) is 44.9 Å². The van der Waals surface area contributed by atoms with Gasteiger partial charge in [0.2, 0.25) is 0 Å². The number of hydrogen-bond donors (Lipinski definition) is 2. The molecular weight excluding hydrogens is 310 g/mol. The highest BCUT2D eigenvalue weighted by Gasteiger charge is 2.09. The van der Waals surface area contributed by atoms with Crippen molar-refractivity contribution in [2.75, 3.05) is 6.61 Å². The molecule has 0 atom stereocenters. The van der Waals surface area contributed by atoms with E-state index in [1.807, 2.05) is 32.2 Å². The molecule has 0 fully saturated rings. The highest BCUT2D eigenvalue weighted by atomic mass is 32.1. The first-order valence-corrected chi connectivity index (χ1v) is 8.52. The second-order valence-corrected chi connectivity index (χ2v) is 6.65. The summed E-state index contributed by atoms with van der Waals surface area (Å²) in [6, 6.07) is 3.74. The molecule has 5 nitrogen and oxygen atoms in total. The molecule has 0 saturated carbocycles. The largest absolute Gasteiger partial charge is 0.493 e. The Bertz CT molecular complexity index is 672. The molecule has 0 saturated heterocycles. The topological polar surface area (TPSA) is 80.7 Å². The Hall–Kier alpha value is -2.08. The van der Waals surface area contributed by atoms with Crippen molar-refractivity contribution in [3.8, 4) is 5.75 Å². The van der Waals surface area contributed by atoms with Gasteiger partial charge in [0.25, 0.3) is 0 Å². The fraction of sp³-hybridized carbons (Fsp3) is 0.412. The SMILES string of the molecule is CCc1ncc(CCCOc2c(C)cc(C(N)=NO)cc2C)s1. The summed E-state index contributed by atoms with van der Waals surface area (Å²) >= 11 is 1.78. The number of aromatic nitrogens is 1. The van der Waals surface area contributed by atoms with Crippen LogP contribution in [-0.2, 0) is 12.8 Å². The van der Waals surface area contributed by atoms with E-state index in [1.165, 1.54) is 9.88 Å². The molecule has 0 aliphatic rings. The van der Waals surface area contributed by atoms with Crippen molar-refractivity contribution in [2.24, 2.45) is 10.9 Å². The molecule has 2 rings (SSSR count). The number of benzene rings is 1. The molecular formula is C17H23N3O2S. The Morgan fingerprint density at radius 3 is 2.61 bits per heavy atom. The van der Waals surface area contributed by atoms with Gasteiger partial charge in [-0.05, 0) is 56.4 Å². The Morgan fingerprint density at radius 1 is 1.35 bits per heavy atom. The van der Waals surface area contributed by atoms with Crippen LogP contribution in [0, 0.1) is 13.8 Å². The molecule has 23 heavy (non-hydrogen) atoms. The molecule has 0 aliphatic carbocycles. The lowest BCUT2D eigenvalue weighted by atomic mass is 10.1. The third-order valence-electron chi connectivity index (χ3n) is 3.58. The average molecular weight is 333 g/mol. The zero-order valence-electron chi connectivity index (χ0n) is 13.8. The minimum atomic E-state index is 0.111. The average Bonchev–Trinajstić information content (AvgIpc) is 3.00. The van der Waals surface area contributed by atoms with E-state index in [2.05, 4.69) is 17.1 Å². The van der Waals surface area contributed by atoms with E-state index in [-0.39, 0.29) is 5.84 Å². The maximum absolute atomic E-state index is 8.77. The second kappa shape index (κ2) is 7.97. The molecule has 0 aliphatic heterocycles. The van der Waals surface area contributed by atoms with Crippen molar-refractivity contribution in [1.82, 2.24) is 4.98 Å². The van der Waals surface area contributed by atoms with Gasteiger partial charge in [0.05, 0.1) is 11.6 Å². The summed E-state index contributed by atoms with van der Waals surface area (Å²) in [5.41, 5.74) is 8.30. The first kappa shape index (κ1) is 17.3. The van der Waals surface area contributed by atoms with E-state index in [9.17, 15) is 0 Å². The van der Waals surface area contributed by atoms with Crippen molar-refractivity contribution in [3.63, 3.8) is 0 Å². The fourth-order valence-electron chi connectivity index (χ4n) is 2.43. The lowest BCUT2D eigenvalue weighted by Crippen LogP contribution is -2.14. The number of nitrogens with zero attached hydrogens (tertiary/aromatic N) is 2. The highest BCUT2D eigenvalue weighted by Crippen LogP contribution is 2.25. The Labute approximate surface area is 140 Å². The molecule has 1 aromatic carbocycles. The van der Waals surface area contributed by atoms with E-state index in [4.69, 9.17) is 15.7 Å². The molecule has 0 spiro atoms. The predicted octanol–water partition coefficient (Wildman–Crippen LogP) is 3.43. The summed E-state index contributed by atoms with van der Waals surface area (Å²) in [4.78, 5) is 5.67. The molecule has 0 bridgehead atoms. The van der Waals surface area contributed by atoms with Gasteiger partial charge in [-0.1, -0.05) is 12.1 Å². The zero-order chi connectivity index (χ0) is 16.8. The maximum atomic E-state index is 8.77. The van der Waals surface area contributed by atoms with Gasteiger partial charge >= 0.3 is 0 Å². The molecule has 1 heterocycles. The Morgan fingerprint density at radius 2 is 2.04 bits per heavy atom. The normalized spacial score (nSPS) is 11.7. The van der Waals surface area contributed by atoms with Gasteiger partial charge in [0, 0.05) is 16.6 Å². The first-order valence-electron chi connectivity index (χ1n) is 7.70. The van der Waals surface area contributed by atoms with E-state index in [0.717, 1.165) is 36.1 Å². The summed E-state index contributed by atoms with van der Waals surface area (Å²) in [5.74, 6) is 0.984. The number of nitrogens with two attached hydrogens (primary N) is 1. The molecule has 0 radical (unpaired) electrons. The van der Waals surface area contributed by atoms with Crippen molar-refractivity contribution >= 4 is 17.2 Å². The molecule has 0 unspecified atom stereocenters. The summed E-state index contributed by atoms with van der Waals surface area (Å²) < 4.78 is 5.93. The number of amidine groups is 1. The summed E-state index contributed by atoms with van der Waals surface area (Å²) in [7, 11) is 0. The van der Waals surface area contributed by atoms with Gasteiger partial charge in [0.15, 0.2) is 5.84 Å². The Kier molecular flexibility index (Phi) is 5.98. The van der Waals surface area contributed by atoms with Crippen LogP contribution in [0.25, 0.3) is 0 Å². The molecule has 124 valence electrons. The van der Waals surface area contributed by atoms with Crippen LogP contribution in [0.2, 0.25) is 0 Å². The van der Waals surface area contributed by atoms with Gasteiger partial charge in [-0.25, -0.2) is 4.98 Å². The smallest absolute Gasteiger partial charge is 0.170 e. The molecule has 1 aromatic heterocycles. The third kappa shape index (κ3) is 4.45. The maximum Gasteiger partial charge on any atom is 0.170 e. The number of ether oxygens (including phenoxy) is 1. The lowest BCUT2D eigenvalue weighted by molar-refractivity contribution is 0.307.